The van der Waals surface area contributed by atoms with E-state index in [0.717, 1.165) is 0 Å². The van der Waals surface area contributed by atoms with Gasteiger partial charge < -0.3 is 9.84 Å². The van der Waals surface area contributed by atoms with Crippen LogP contribution < -0.4 is 0 Å². The lowest BCUT2D eigenvalue weighted by Gasteiger charge is -2.34. The largest absolute Gasteiger partial charge is 0.481 e. The molecular weight excluding hydrogens is 308 g/mol. The molecule has 0 spiro atoms. The molecule has 2 rings (SSSR count). The Morgan fingerprint density at radius 1 is 0.955 bits per heavy atom. The van der Waals surface area contributed by atoms with Crippen molar-refractivity contribution in [2.75, 3.05) is 0 Å². The van der Waals surface area contributed by atoms with E-state index in [1.807, 2.05) is 0 Å². The Labute approximate surface area is 125 Å². The topological polar surface area (TPSA) is 63.6 Å². The van der Waals surface area contributed by atoms with Gasteiger partial charge in [0.05, 0.1) is 11.8 Å². The van der Waals surface area contributed by atoms with Crippen LogP contribution in [0.25, 0.3) is 0 Å². The van der Waals surface area contributed by atoms with Crippen molar-refractivity contribution in [3.8, 4) is 0 Å². The average molecular weight is 328 g/mol. The van der Waals surface area contributed by atoms with Crippen molar-refractivity contribution < 1.29 is 37.0 Å². The monoisotopic (exact) mass is 328 g/mol. The van der Waals surface area contributed by atoms with Crippen LogP contribution in [-0.4, -0.2) is 34.5 Å². The van der Waals surface area contributed by atoms with E-state index < -0.39 is 54.1 Å². The molecule has 22 heavy (non-hydrogen) atoms. The highest BCUT2D eigenvalue weighted by Crippen LogP contribution is 2.43. The molecule has 0 amide bonds. The van der Waals surface area contributed by atoms with Crippen LogP contribution in [0.15, 0.2) is 0 Å². The van der Waals surface area contributed by atoms with Gasteiger partial charge in [0.2, 0.25) is 11.8 Å². The number of ether oxygens (including phenoxy) is 1. The number of carbonyl (C=O) groups is 2. The highest BCUT2D eigenvalue weighted by Gasteiger charge is 2.50. The van der Waals surface area contributed by atoms with Gasteiger partial charge >= 0.3 is 11.9 Å². The lowest BCUT2D eigenvalue weighted by atomic mass is 9.81. The van der Waals surface area contributed by atoms with Crippen LogP contribution in [0.1, 0.15) is 46.5 Å². The molecule has 0 atom stereocenters. The molecule has 0 aromatic carbocycles. The van der Waals surface area contributed by atoms with Gasteiger partial charge in [-0.25, -0.2) is 17.6 Å². The molecule has 2 aliphatic carbocycles. The van der Waals surface area contributed by atoms with Gasteiger partial charge in [0.1, 0.15) is 5.60 Å². The molecule has 0 unspecified atom stereocenters. The standard InChI is InChI=1S/C9H14F2O2.C5H6F2O2/c1-8(2,3)13-7(12)6-4-9(10,11)5-6;6-5(7)1-3(2-5)4(8)9/h6H,4-5H2,1-3H3;3H,1-2H2,(H,8,9). The molecule has 2 saturated carbocycles. The third-order valence-electron chi connectivity index (χ3n) is 3.27. The smallest absolute Gasteiger partial charge is 0.309 e. The molecule has 2 fully saturated rings. The van der Waals surface area contributed by atoms with Gasteiger partial charge in [0, 0.05) is 25.7 Å². The molecule has 128 valence electrons. The second-order valence-electron chi connectivity index (χ2n) is 6.79. The fourth-order valence-corrected chi connectivity index (χ4v) is 2.05. The maximum Gasteiger partial charge on any atom is 0.309 e. The number of aliphatic carboxylic acids is 1. The Morgan fingerprint density at radius 3 is 1.55 bits per heavy atom. The summed E-state index contributed by atoms with van der Waals surface area (Å²) in [5.74, 6) is -8.38. The van der Waals surface area contributed by atoms with Crippen LogP contribution in [0, 0.1) is 11.8 Å². The fourth-order valence-electron chi connectivity index (χ4n) is 2.05. The third-order valence-corrected chi connectivity index (χ3v) is 3.27. The van der Waals surface area contributed by atoms with Crippen molar-refractivity contribution in [3.63, 3.8) is 0 Å². The van der Waals surface area contributed by atoms with Crippen molar-refractivity contribution in [2.45, 2.75) is 63.9 Å². The summed E-state index contributed by atoms with van der Waals surface area (Å²) >= 11 is 0. The Balaban J connectivity index is 0.000000235. The van der Waals surface area contributed by atoms with Crippen LogP contribution >= 0.6 is 0 Å². The number of alkyl halides is 4. The SMILES string of the molecule is CC(C)(C)OC(=O)C1CC(F)(F)C1.O=C(O)C1CC(F)(F)C1. The molecule has 0 aromatic heterocycles. The van der Waals surface area contributed by atoms with E-state index in [1.165, 1.54) is 0 Å². The molecule has 0 heterocycles. The van der Waals surface area contributed by atoms with Crippen molar-refractivity contribution in [3.05, 3.63) is 0 Å². The predicted molar refractivity (Wildman–Crippen MR) is 68.8 cm³/mol. The Bertz CT molecular complexity index is 427. The number of hydrogen-bond donors (Lipinski definition) is 1. The van der Waals surface area contributed by atoms with Gasteiger partial charge in [-0.05, 0) is 20.8 Å². The first kappa shape index (κ1) is 18.7. The van der Waals surface area contributed by atoms with Crippen molar-refractivity contribution in [1.29, 1.82) is 0 Å². The predicted octanol–water partition coefficient (Wildman–Crippen LogP) is 3.49. The number of halogens is 4. The van der Waals surface area contributed by atoms with Crippen molar-refractivity contribution in [1.82, 2.24) is 0 Å². The van der Waals surface area contributed by atoms with Gasteiger partial charge in [0.15, 0.2) is 0 Å². The minimum atomic E-state index is -2.71. The maximum atomic E-state index is 12.4. The van der Waals surface area contributed by atoms with Gasteiger partial charge in [-0.3, -0.25) is 9.59 Å². The van der Waals surface area contributed by atoms with E-state index in [2.05, 4.69) is 0 Å². The first-order valence-corrected chi connectivity index (χ1v) is 6.92. The lowest BCUT2D eigenvalue weighted by molar-refractivity contribution is -0.181. The molecule has 0 radical (unpaired) electrons. The van der Waals surface area contributed by atoms with E-state index in [9.17, 15) is 27.2 Å². The quantitative estimate of drug-likeness (QED) is 0.622. The van der Waals surface area contributed by atoms with Crippen LogP contribution in [0.4, 0.5) is 17.6 Å². The molecule has 0 saturated heterocycles. The summed E-state index contributed by atoms with van der Waals surface area (Å²) < 4.78 is 53.5. The highest BCUT2D eigenvalue weighted by atomic mass is 19.3. The number of carboxylic acids is 1. The molecule has 2 aliphatic rings. The highest BCUT2D eigenvalue weighted by molar-refractivity contribution is 5.74. The van der Waals surface area contributed by atoms with E-state index in [1.54, 1.807) is 20.8 Å². The number of carboxylic acid groups (broad SMARTS) is 1. The van der Waals surface area contributed by atoms with Gasteiger partial charge in [0.25, 0.3) is 0 Å². The molecular formula is C14H20F4O4. The van der Waals surface area contributed by atoms with Gasteiger partial charge in [-0.1, -0.05) is 0 Å². The zero-order chi connectivity index (χ0) is 17.3. The minimum absolute atomic E-state index is 0.359. The summed E-state index contributed by atoms with van der Waals surface area (Å²) in [4.78, 5) is 21.1. The summed E-state index contributed by atoms with van der Waals surface area (Å²) in [6, 6.07) is 0. The summed E-state index contributed by atoms with van der Waals surface area (Å²) in [7, 11) is 0. The van der Waals surface area contributed by atoms with E-state index in [-0.39, 0.29) is 12.8 Å². The summed E-state index contributed by atoms with van der Waals surface area (Å²) in [5.41, 5.74) is -0.581. The summed E-state index contributed by atoms with van der Waals surface area (Å²) in [6.45, 7) is 5.17. The Kier molecular flexibility index (Phi) is 5.14. The average Bonchev–Trinajstić information content (AvgIpc) is 2.20. The molecule has 4 nitrogen and oxygen atoms in total. The molecule has 1 N–H and O–H groups in total. The number of esters is 1. The summed E-state index contributed by atoms with van der Waals surface area (Å²) in [6.07, 6.45) is -1.69. The normalized spacial score (nSPS) is 23.4. The van der Waals surface area contributed by atoms with Gasteiger partial charge in [-0.15, -0.1) is 0 Å². The van der Waals surface area contributed by atoms with Crippen LogP contribution in [0.5, 0.6) is 0 Å². The van der Waals surface area contributed by atoms with Crippen molar-refractivity contribution in [2.24, 2.45) is 11.8 Å². The van der Waals surface area contributed by atoms with Crippen LogP contribution in [0.3, 0.4) is 0 Å². The van der Waals surface area contributed by atoms with E-state index >= 15 is 0 Å². The first-order valence-electron chi connectivity index (χ1n) is 6.92. The lowest BCUT2D eigenvalue weighted by Crippen LogP contribution is -2.42. The third kappa shape index (κ3) is 5.81. The number of carbonyl (C=O) groups excluding carboxylic acids is 1. The van der Waals surface area contributed by atoms with Crippen LogP contribution in [0.2, 0.25) is 0 Å². The Morgan fingerprint density at radius 2 is 1.32 bits per heavy atom. The van der Waals surface area contributed by atoms with Crippen LogP contribution in [-0.2, 0) is 14.3 Å². The zero-order valence-corrected chi connectivity index (χ0v) is 12.7. The Hall–Kier alpha value is -1.34. The second-order valence-corrected chi connectivity index (χ2v) is 6.79. The van der Waals surface area contributed by atoms with E-state index in [4.69, 9.17) is 9.84 Å². The molecule has 0 aliphatic heterocycles. The number of rotatable bonds is 2. The van der Waals surface area contributed by atoms with E-state index in [0.29, 0.717) is 0 Å². The fraction of sp³-hybridized carbons (Fsp3) is 0.857. The number of hydrogen-bond acceptors (Lipinski definition) is 3. The second kappa shape index (κ2) is 6.04. The first-order chi connectivity index (χ1) is 9.71. The minimum Gasteiger partial charge on any atom is -0.481 e. The molecule has 0 bridgehead atoms. The summed E-state index contributed by atoms with van der Waals surface area (Å²) in [5, 5.41) is 8.13. The van der Waals surface area contributed by atoms with Crippen molar-refractivity contribution >= 4 is 11.9 Å². The molecule has 0 aromatic rings. The zero-order valence-electron chi connectivity index (χ0n) is 12.7. The van der Waals surface area contributed by atoms with Gasteiger partial charge in [-0.2, -0.15) is 0 Å². The maximum absolute atomic E-state index is 12.4. The molecule has 8 heteroatoms.